The van der Waals surface area contributed by atoms with Crippen molar-refractivity contribution in [2.24, 2.45) is 0 Å². The normalized spacial score (nSPS) is 13.5. The van der Waals surface area contributed by atoms with Crippen LogP contribution in [0.15, 0.2) is 42.5 Å². The lowest BCUT2D eigenvalue weighted by molar-refractivity contribution is -0.117. The first-order chi connectivity index (χ1) is 9.56. The third-order valence-corrected chi connectivity index (χ3v) is 3.70. The largest absolute Gasteiger partial charge is 0.315 e. The van der Waals surface area contributed by atoms with Gasteiger partial charge in [-0.2, -0.15) is 0 Å². The molecule has 0 atom stereocenters. The van der Waals surface area contributed by atoms with Crippen LogP contribution in [0.1, 0.15) is 27.0 Å². The lowest BCUT2D eigenvalue weighted by Crippen LogP contribution is -2.20. The molecule has 2 aromatic carbocycles. The average molecular weight is 265 g/mol. The number of likely N-dealkylation sites (N-methyl/N-ethyl adjacent to an activating group) is 1. The number of anilines is 1. The summed E-state index contributed by atoms with van der Waals surface area (Å²) in [7, 11) is 1.76. The predicted octanol–water partition coefficient (Wildman–Crippen LogP) is 2.74. The Bertz CT molecular complexity index is 719. The Kier molecular flexibility index (Phi) is 2.90. The van der Waals surface area contributed by atoms with Gasteiger partial charge in [0.15, 0.2) is 5.78 Å². The van der Waals surface area contributed by atoms with Crippen molar-refractivity contribution in [2.45, 2.75) is 13.3 Å². The second-order valence-electron chi connectivity index (χ2n) is 5.17. The van der Waals surface area contributed by atoms with Gasteiger partial charge in [-0.15, -0.1) is 0 Å². The molecule has 0 aromatic heterocycles. The van der Waals surface area contributed by atoms with E-state index in [2.05, 4.69) is 0 Å². The molecule has 0 spiro atoms. The number of fused-ring (bicyclic) bond motifs is 1. The van der Waals surface area contributed by atoms with Crippen LogP contribution in [-0.4, -0.2) is 18.7 Å². The van der Waals surface area contributed by atoms with E-state index >= 15 is 0 Å². The zero-order valence-corrected chi connectivity index (χ0v) is 11.5. The van der Waals surface area contributed by atoms with Crippen LogP contribution >= 0.6 is 0 Å². The van der Waals surface area contributed by atoms with E-state index in [9.17, 15) is 9.59 Å². The number of amides is 1. The summed E-state index contributed by atoms with van der Waals surface area (Å²) in [5, 5.41) is 0. The number of hydrogen-bond donors (Lipinski definition) is 0. The highest BCUT2D eigenvalue weighted by Gasteiger charge is 2.24. The lowest BCUT2D eigenvalue weighted by atomic mass is 9.99. The molecule has 2 aromatic rings. The number of ketones is 1. The van der Waals surface area contributed by atoms with Crippen molar-refractivity contribution >= 4 is 17.4 Å². The molecular weight excluding hydrogens is 250 g/mol. The Labute approximate surface area is 117 Å². The van der Waals surface area contributed by atoms with Gasteiger partial charge in [-0.3, -0.25) is 9.59 Å². The Morgan fingerprint density at radius 2 is 1.85 bits per heavy atom. The van der Waals surface area contributed by atoms with E-state index in [1.807, 2.05) is 43.3 Å². The van der Waals surface area contributed by atoms with Gasteiger partial charge in [0.2, 0.25) is 5.91 Å². The maximum absolute atomic E-state index is 12.5. The monoisotopic (exact) mass is 265 g/mol. The molecule has 1 amide bonds. The van der Waals surface area contributed by atoms with Crippen LogP contribution in [0.4, 0.5) is 5.69 Å². The Morgan fingerprint density at radius 3 is 2.60 bits per heavy atom. The SMILES string of the molecule is Cc1cccc(C(=O)c2ccc3c(c2)CC(=O)N3C)c1. The summed E-state index contributed by atoms with van der Waals surface area (Å²) in [5.74, 6) is 0.0682. The molecule has 3 nitrogen and oxygen atoms in total. The van der Waals surface area contributed by atoms with Crippen molar-refractivity contribution in [3.63, 3.8) is 0 Å². The van der Waals surface area contributed by atoms with Gasteiger partial charge in [-0.1, -0.05) is 23.8 Å². The van der Waals surface area contributed by atoms with Crippen molar-refractivity contribution in [1.82, 2.24) is 0 Å². The van der Waals surface area contributed by atoms with Crippen molar-refractivity contribution in [3.05, 3.63) is 64.7 Å². The molecule has 0 bridgehead atoms. The molecule has 1 aliphatic heterocycles. The minimum atomic E-state index is -0.00139. The van der Waals surface area contributed by atoms with Crippen LogP contribution in [0.5, 0.6) is 0 Å². The first-order valence-electron chi connectivity index (χ1n) is 6.57. The summed E-state index contributed by atoms with van der Waals surface area (Å²) in [6, 6.07) is 13.0. The number of carbonyl (C=O) groups excluding carboxylic acids is 2. The Balaban J connectivity index is 1.99. The van der Waals surface area contributed by atoms with Gasteiger partial charge < -0.3 is 4.90 Å². The fraction of sp³-hybridized carbons (Fsp3) is 0.176. The summed E-state index contributed by atoms with van der Waals surface area (Å²) in [4.78, 5) is 25.8. The molecule has 3 rings (SSSR count). The molecule has 100 valence electrons. The standard InChI is InChI=1S/C17H15NO2/c1-11-4-3-5-12(8-11)17(20)13-6-7-15-14(9-13)10-16(19)18(15)2/h3-9H,10H2,1-2H3. The fourth-order valence-corrected chi connectivity index (χ4v) is 2.56. The van der Waals surface area contributed by atoms with E-state index in [-0.39, 0.29) is 11.7 Å². The van der Waals surface area contributed by atoms with Gasteiger partial charge in [-0.05, 0) is 36.8 Å². The smallest absolute Gasteiger partial charge is 0.231 e. The van der Waals surface area contributed by atoms with E-state index in [4.69, 9.17) is 0 Å². The quantitative estimate of drug-likeness (QED) is 0.783. The summed E-state index contributed by atoms with van der Waals surface area (Å²) < 4.78 is 0. The zero-order valence-electron chi connectivity index (χ0n) is 11.5. The molecule has 0 aliphatic carbocycles. The van der Waals surface area contributed by atoms with E-state index < -0.39 is 0 Å². The van der Waals surface area contributed by atoms with Gasteiger partial charge in [0, 0.05) is 23.9 Å². The number of rotatable bonds is 2. The molecular formula is C17H15NO2. The van der Waals surface area contributed by atoms with E-state index in [0.29, 0.717) is 17.5 Å². The molecule has 0 radical (unpaired) electrons. The Morgan fingerprint density at radius 1 is 1.10 bits per heavy atom. The number of aryl methyl sites for hydroxylation is 1. The topological polar surface area (TPSA) is 37.4 Å². The van der Waals surface area contributed by atoms with Crippen LogP contribution in [0.3, 0.4) is 0 Å². The molecule has 0 unspecified atom stereocenters. The number of hydrogen-bond acceptors (Lipinski definition) is 2. The van der Waals surface area contributed by atoms with Crippen molar-refractivity contribution in [3.8, 4) is 0 Å². The molecule has 0 N–H and O–H groups in total. The minimum absolute atomic E-state index is 0.00139. The maximum atomic E-state index is 12.5. The summed E-state index contributed by atoms with van der Waals surface area (Å²) in [6.45, 7) is 1.97. The second-order valence-corrected chi connectivity index (χ2v) is 5.17. The number of benzene rings is 2. The average Bonchev–Trinajstić information content (AvgIpc) is 2.73. The van der Waals surface area contributed by atoms with E-state index in [0.717, 1.165) is 16.8 Å². The van der Waals surface area contributed by atoms with Crippen molar-refractivity contribution < 1.29 is 9.59 Å². The van der Waals surface area contributed by atoms with Gasteiger partial charge in [0.05, 0.1) is 6.42 Å². The van der Waals surface area contributed by atoms with Crippen LogP contribution in [0, 0.1) is 6.92 Å². The van der Waals surface area contributed by atoms with Gasteiger partial charge in [0.1, 0.15) is 0 Å². The molecule has 0 saturated heterocycles. The summed E-state index contributed by atoms with van der Waals surface area (Å²) in [6.07, 6.45) is 0.376. The first kappa shape index (κ1) is 12.6. The molecule has 0 saturated carbocycles. The van der Waals surface area contributed by atoms with Crippen molar-refractivity contribution in [1.29, 1.82) is 0 Å². The predicted molar refractivity (Wildman–Crippen MR) is 78.2 cm³/mol. The highest BCUT2D eigenvalue weighted by molar-refractivity contribution is 6.10. The second kappa shape index (κ2) is 4.60. The zero-order chi connectivity index (χ0) is 14.3. The van der Waals surface area contributed by atoms with Gasteiger partial charge in [-0.25, -0.2) is 0 Å². The third-order valence-electron chi connectivity index (χ3n) is 3.70. The van der Waals surface area contributed by atoms with Gasteiger partial charge >= 0.3 is 0 Å². The van der Waals surface area contributed by atoms with Crippen molar-refractivity contribution in [2.75, 3.05) is 11.9 Å². The molecule has 1 aliphatic rings. The fourth-order valence-electron chi connectivity index (χ4n) is 2.56. The lowest BCUT2D eigenvalue weighted by Gasteiger charge is -2.10. The summed E-state index contributed by atoms with van der Waals surface area (Å²) in [5.41, 5.74) is 4.21. The van der Waals surface area contributed by atoms with Crippen LogP contribution in [0.25, 0.3) is 0 Å². The first-order valence-corrected chi connectivity index (χ1v) is 6.57. The molecule has 20 heavy (non-hydrogen) atoms. The highest BCUT2D eigenvalue weighted by Crippen LogP contribution is 2.29. The van der Waals surface area contributed by atoms with Gasteiger partial charge in [0.25, 0.3) is 0 Å². The molecule has 1 heterocycles. The summed E-state index contributed by atoms with van der Waals surface area (Å²) >= 11 is 0. The van der Waals surface area contributed by atoms with Crippen LogP contribution < -0.4 is 4.90 Å². The van der Waals surface area contributed by atoms with Crippen LogP contribution in [0.2, 0.25) is 0 Å². The minimum Gasteiger partial charge on any atom is -0.315 e. The number of carbonyl (C=O) groups is 2. The highest BCUT2D eigenvalue weighted by atomic mass is 16.2. The third kappa shape index (κ3) is 2.01. The Hall–Kier alpha value is -2.42. The molecule has 3 heteroatoms. The molecule has 0 fully saturated rings. The van der Waals surface area contributed by atoms with E-state index in [1.54, 1.807) is 18.0 Å². The number of nitrogens with zero attached hydrogens (tertiary/aromatic N) is 1. The van der Waals surface area contributed by atoms with E-state index in [1.165, 1.54) is 0 Å². The maximum Gasteiger partial charge on any atom is 0.231 e. The van der Waals surface area contributed by atoms with Crippen LogP contribution in [-0.2, 0) is 11.2 Å².